The van der Waals surface area contributed by atoms with Gasteiger partial charge in [-0.2, -0.15) is 0 Å². The maximum absolute atomic E-state index is 12.3. The Balaban J connectivity index is 2.04. The van der Waals surface area contributed by atoms with Crippen LogP contribution < -0.4 is 5.73 Å². The fraction of sp³-hybridized carbons (Fsp3) is 0.286. The molecule has 2 N–H and O–H groups in total. The molecular formula is C14H15N3OS2. The summed E-state index contributed by atoms with van der Waals surface area (Å²) in [5.74, 6) is 5.70. The molecule has 0 spiro atoms. The smallest absolute Gasteiger partial charge is 0.254 e. The van der Waals surface area contributed by atoms with Crippen LogP contribution in [0.5, 0.6) is 0 Å². The van der Waals surface area contributed by atoms with Crippen LogP contribution in [0.15, 0.2) is 16.8 Å². The monoisotopic (exact) mass is 305 g/mol. The first kappa shape index (κ1) is 14.7. The van der Waals surface area contributed by atoms with Crippen molar-refractivity contribution in [3.63, 3.8) is 0 Å². The van der Waals surface area contributed by atoms with Gasteiger partial charge in [0.15, 0.2) is 0 Å². The minimum Gasteiger partial charge on any atom is -0.336 e. The lowest BCUT2D eigenvalue weighted by Gasteiger charge is -2.14. The third-order valence-corrected chi connectivity index (χ3v) is 4.24. The molecule has 0 bridgehead atoms. The summed E-state index contributed by atoms with van der Waals surface area (Å²) in [6.07, 6.45) is 0. The van der Waals surface area contributed by atoms with Crippen molar-refractivity contribution in [3.8, 4) is 11.8 Å². The number of carbonyl (C=O) groups excluding carboxylic acids is 1. The van der Waals surface area contributed by atoms with Gasteiger partial charge in [-0.15, -0.1) is 22.7 Å². The summed E-state index contributed by atoms with van der Waals surface area (Å²) in [5.41, 5.74) is 6.91. The van der Waals surface area contributed by atoms with Gasteiger partial charge in [0.1, 0.15) is 0 Å². The second-order valence-corrected chi connectivity index (χ2v) is 6.20. The molecule has 20 heavy (non-hydrogen) atoms. The number of thiophene rings is 1. The highest BCUT2D eigenvalue weighted by atomic mass is 32.1. The minimum atomic E-state index is -0.0206. The van der Waals surface area contributed by atoms with E-state index in [0.29, 0.717) is 18.7 Å². The highest BCUT2D eigenvalue weighted by molar-refractivity contribution is 7.10. The van der Waals surface area contributed by atoms with Crippen LogP contribution in [0.4, 0.5) is 0 Å². The first-order valence-electron chi connectivity index (χ1n) is 6.04. The maximum atomic E-state index is 12.3. The van der Waals surface area contributed by atoms with Crippen LogP contribution in [0.2, 0.25) is 0 Å². The van der Waals surface area contributed by atoms with E-state index in [-0.39, 0.29) is 5.91 Å². The fourth-order valence-corrected chi connectivity index (χ4v) is 3.02. The van der Waals surface area contributed by atoms with Crippen molar-refractivity contribution in [1.82, 2.24) is 9.88 Å². The molecule has 0 aliphatic heterocycles. The standard InChI is InChI=1S/C14H15N3OS2/c1-10-16-12(9-19-10)7-17(2)14(18)11-6-13(20-8-11)4-3-5-15/h6,8-9H,5,7,15H2,1-2H3. The molecule has 0 radical (unpaired) electrons. The Kier molecular flexibility index (Phi) is 4.90. The summed E-state index contributed by atoms with van der Waals surface area (Å²) in [6.45, 7) is 2.80. The van der Waals surface area contributed by atoms with Crippen LogP contribution in [0, 0.1) is 18.8 Å². The highest BCUT2D eigenvalue weighted by Crippen LogP contribution is 2.17. The minimum absolute atomic E-state index is 0.0206. The van der Waals surface area contributed by atoms with Crippen molar-refractivity contribution in [2.75, 3.05) is 13.6 Å². The van der Waals surface area contributed by atoms with Crippen molar-refractivity contribution in [1.29, 1.82) is 0 Å². The average molecular weight is 305 g/mol. The van der Waals surface area contributed by atoms with Gasteiger partial charge < -0.3 is 10.6 Å². The molecule has 2 rings (SSSR count). The molecule has 104 valence electrons. The third-order valence-electron chi connectivity index (χ3n) is 2.57. The van der Waals surface area contributed by atoms with Crippen LogP contribution >= 0.6 is 22.7 Å². The molecule has 2 heterocycles. The normalized spacial score (nSPS) is 9.95. The van der Waals surface area contributed by atoms with Gasteiger partial charge in [0.2, 0.25) is 0 Å². The van der Waals surface area contributed by atoms with E-state index in [1.807, 2.05) is 17.7 Å². The average Bonchev–Trinajstić information content (AvgIpc) is 3.04. The predicted molar refractivity (Wildman–Crippen MR) is 82.9 cm³/mol. The molecule has 4 nitrogen and oxygen atoms in total. The quantitative estimate of drug-likeness (QED) is 0.883. The Morgan fingerprint density at radius 2 is 2.25 bits per heavy atom. The first-order chi connectivity index (χ1) is 9.60. The molecule has 2 aromatic heterocycles. The van der Waals surface area contributed by atoms with E-state index in [1.165, 1.54) is 11.3 Å². The van der Waals surface area contributed by atoms with Crippen molar-refractivity contribution in [2.45, 2.75) is 13.5 Å². The van der Waals surface area contributed by atoms with Gasteiger partial charge in [0.05, 0.1) is 34.2 Å². The van der Waals surface area contributed by atoms with E-state index in [9.17, 15) is 4.79 Å². The zero-order valence-electron chi connectivity index (χ0n) is 11.3. The number of hydrogen-bond acceptors (Lipinski definition) is 5. The number of thiazole rings is 1. The summed E-state index contributed by atoms with van der Waals surface area (Å²) in [5, 5.41) is 4.81. The molecule has 6 heteroatoms. The summed E-state index contributed by atoms with van der Waals surface area (Å²) in [4.78, 5) is 19.2. The lowest BCUT2D eigenvalue weighted by atomic mass is 10.2. The number of nitrogens with zero attached hydrogens (tertiary/aromatic N) is 2. The second kappa shape index (κ2) is 6.66. The van der Waals surface area contributed by atoms with Gasteiger partial charge in [-0.1, -0.05) is 11.8 Å². The lowest BCUT2D eigenvalue weighted by Crippen LogP contribution is -2.25. The third kappa shape index (κ3) is 3.67. The SMILES string of the molecule is Cc1nc(CN(C)C(=O)c2csc(C#CCN)c2)cs1. The summed E-state index contributed by atoms with van der Waals surface area (Å²) >= 11 is 3.05. The van der Waals surface area contributed by atoms with E-state index < -0.39 is 0 Å². The number of hydrogen-bond donors (Lipinski definition) is 1. The molecule has 1 amide bonds. The van der Waals surface area contributed by atoms with E-state index in [0.717, 1.165) is 15.6 Å². The molecule has 0 saturated carbocycles. The Morgan fingerprint density at radius 1 is 1.45 bits per heavy atom. The molecule has 0 atom stereocenters. The number of carbonyl (C=O) groups is 1. The fourth-order valence-electron chi connectivity index (χ4n) is 1.67. The summed E-state index contributed by atoms with van der Waals surface area (Å²) < 4.78 is 0. The second-order valence-electron chi connectivity index (χ2n) is 4.22. The van der Waals surface area contributed by atoms with Gasteiger partial charge >= 0.3 is 0 Å². The van der Waals surface area contributed by atoms with Gasteiger partial charge in [-0.3, -0.25) is 4.79 Å². The largest absolute Gasteiger partial charge is 0.336 e. The van der Waals surface area contributed by atoms with E-state index in [1.54, 1.807) is 29.4 Å². The zero-order chi connectivity index (χ0) is 14.5. The van der Waals surface area contributed by atoms with Gasteiger partial charge in [0.25, 0.3) is 5.91 Å². The number of nitrogens with two attached hydrogens (primary N) is 1. The molecule has 0 saturated heterocycles. The molecule has 0 aliphatic rings. The van der Waals surface area contributed by atoms with E-state index >= 15 is 0 Å². The topological polar surface area (TPSA) is 59.2 Å². The Labute approximate surface area is 126 Å². The molecule has 0 unspecified atom stereocenters. The maximum Gasteiger partial charge on any atom is 0.254 e. The first-order valence-corrected chi connectivity index (χ1v) is 7.80. The number of aryl methyl sites for hydroxylation is 1. The van der Waals surface area contributed by atoms with Crippen molar-refractivity contribution in [2.24, 2.45) is 5.73 Å². The van der Waals surface area contributed by atoms with Crippen LogP contribution in [-0.4, -0.2) is 29.4 Å². The molecule has 2 aromatic rings. The van der Waals surface area contributed by atoms with Gasteiger partial charge in [-0.05, 0) is 13.0 Å². The van der Waals surface area contributed by atoms with Crippen molar-refractivity contribution in [3.05, 3.63) is 38.0 Å². The van der Waals surface area contributed by atoms with Crippen molar-refractivity contribution < 1.29 is 4.79 Å². The summed E-state index contributed by atoms with van der Waals surface area (Å²) in [7, 11) is 1.78. The number of rotatable bonds is 3. The van der Waals surface area contributed by atoms with E-state index in [4.69, 9.17) is 5.73 Å². The van der Waals surface area contributed by atoms with Crippen molar-refractivity contribution >= 4 is 28.6 Å². The van der Waals surface area contributed by atoms with Gasteiger partial charge in [-0.25, -0.2) is 4.98 Å². The van der Waals surface area contributed by atoms with Crippen LogP contribution in [0.3, 0.4) is 0 Å². The van der Waals surface area contributed by atoms with Crippen LogP contribution in [-0.2, 0) is 6.54 Å². The molecule has 0 aromatic carbocycles. The molecule has 0 fully saturated rings. The Bertz CT molecular complexity index is 663. The highest BCUT2D eigenvalue weighted by Gasteiger charge is 2.14. The van der Waals surface area contributed by atoms with E-state index in [2.05, 4.69) is 16.8 Å². The zero-order valence-corrected chi connectivity index (χ0v) is 13.0. The van der Waals surface area contributed by atoms with Gasteiger partial charge in [0, 0.05) is 17.8 Å². The molecular weight excluding hydrogens is 290 g/mol. The Morgan fingerprint density at radius 3 is 2.90 bits per heavy atom. The predicted octanol–water partition coefficient (Wildman–Crippen LogP) is 2.10. The number of amides is 1. The number of aromatic nitrogens is 1. The lowest BCUT2D eigenvalue weighted by molar-refractivity contribution is 0.0784. The summed E-state index contributed by atoms with van der Waals surface area (Å²) in [6, 6.07) is 1.80. The van der Waals surface area contributed by atoms with Crippen LogP contribution in [0.25, 0.3) is 0 Å². The van der Waals surface area contributed by atoms with Crippen LogP contribution in [0.1, 0.15) is 25.9 Å². The Hall–Kier alpha value is -1.68. The molecule has 0 aliphatic carbocycles.